The molecule has 2 aliphatic rings. The van der Waals surface area contributed by atoms with E-state index in [-0.39, 0.29) is 22.4 Å². The van der Waals surface area contributed by atoms with Crippen molar-refractivity contribution in [2.75, 3.05) is 50.8 Å². The maximum Gasteiger partial charge on any atom is 0.260 e. The van der Waals surface area contributed by atoms with Gasteiger partial charge in [-0.25, -0.2) is 8.42 Å². The summed E-state index contributed by atoms with van der Waals surface area (Å²) < 4.78 is 32.8. The van der Waals surface area contributed by atoms with E-state index in [9.17, 15) is 13.2 Å². The number of anilines is 1. The lowest BCUT2D eigenvalue weighted by atomic mass is 10.2. The molecule has 1 amide bonds. The number of nitrogens with zero attached hydrogens (tertiary/aromatic N) is 3. The summed E-state index contributed by atoms with van der Waals surface area (Å²) in [6.45, 7) is 3.70. The Balaban J connectivity index is 1.31. The Morgan fingerprint density at radius 1 is 0.906 bits per heavy atom. The number of carbonyl (C=O) groups is 1. The quantitative estimate of drug-likeness (QED) is 0.638. The fraction of sp³-hybridized carbons (Fsp3) is 0.435. The number of carbonyl (C=O) groups excluding carboxylic acids is 1. The molecule has 2 aliphatic heterocycles. The van der Waals surface area contributed by atoms with Crippen molar-refractivity contribution in [2.24, 2.45) is 0 Å². The van der Waals surface area contributed by atoms with Crippen LogP contribution in [-0.2, 0) is 14.8 Å². The van der Waals surface area contributed by atoms with E-state index >= 15 is 0 Å². The summed E-state index contributed by atoms with van der Waals surface area (Å²) >= 11 is 6.29. The second-order valence-electron chi connectivity index (χ2n) is 8.05. The fourth-order valence-corrected chi connectivity index (χ4v) is 5.94. The zero-order chi connectivity index (χ0) is 22.6. The molecule has 2 aromatic rings. The minimum Gasteiger partial charge on any atom is -0.482 e. The van der Waals surface area contributed by atoms with Crippen molar-refractivity contribution in [3.63, 3.8) is 0 Å². The molecule has 0 N–H and O–H groups in total. The minimum atomic E-state index is -3.56. The highest BCUT2D eigenvalue weighted by molar-refractivity contribution is 7.89. The maximum atomic E-state index is 12.8. The van der Waals surface area contributed by atoms with Gasteiger partial charge in [0.25, 0.3) is 5.91 Å². The molecule has 0 saturated carbocycles. The second-order valence-corrected chi connectivity index (χ2v) is 10.4. The van der Waals surface area contributed by atoms with E-state index in [0.717, 1.165) is 38.0 Å². The molecule has 0 aliphatic carbocycles. The third-order valence-corrected chi connectivity index (χ3v) is 8.15. The normalized spacial score (nSPS) is 17.9. The molecule has 9 heteroatoms. The molecule has 0 radical (unpaired) electrons. The van der Waals surface area contributed by atoms with Crippen LogP contribution >= 0.6 is 11.6 Å². The van der Waals surface area contributed by atoms with Crippen LogP contribution in [0.3, 0.4) is 0 Å². The summed E-state index contributed by atoms with van der Waals surface area (Å²) in [5, 5.41) is 0.185. The van der Waals surface area contributed by atoms with Crippen molar-refractivity contribution in [2.45, 2.75) is 24.2 Å². The van der Waals surface area contributed by atoms with Gasteiger partial charge in [-0.2, -0.15) is 4.31 Å². The Morgan fingerprint density at radius 2 is 1.59 bits per heavy atom. The first kappa shape index (κ1) is 22.9. The first-order valence-corrected chi connectivity index (χ1v) is 12.8. The van der Waals surface area contributed by atoms with Gasteiger partial charge in [0.2, 0.25) is 10.0 Å². The van der Waals surface area contributed by atoms with Gasteiger partial charge in [-0.05, 0) is 43.2 Å². The number of para-hydroxylation sites is 1. The summed E-state index contributed by atoms with van der Waals surface area (Å²) in [6.07, 6.45) is 2.79. The molecule has 0 aromatic heterocycles. The number of sulfonamides is 1. The van der Waals surface area contributed by atoms with Gasteiger partial charge in [0.05, 0.1) is 9.92 Å². The standard InChI is InChI=1S/C23H28ClN3O4S/c24-21-17-20(32(29,30)27-11-5-2-6-12-27)9-10-22(21)31-18-23(28)26-15-13-25(14-16-26)19-7-3-1-4-8-19/h1,3-4,7-10,17H,2,5-6,11-16,18H2. The zero-order valence-corrected chi connectivity index (χ0v) is 19.5. The number of ether oxygens (including phenoxy) is 1. The summed E-state index contributed by atoms with van der Waals surface area (Å²) in [4.78, 5) is 16.8. The van der Waals surface area contributed by atoms with Crippen LogP contribution in [0.5, 0.6) is 5.75 Å². The Kier molecular flexibility index (Phi) is 7.23. The van der Waals surface area contributed by atoms with Crippen LogP contribution in [0.1, 0.15) is 19.3 Å². The van der Waals surface area contributed by atoms with Crippen molar-refractivity contribution in [3.05, 3.63) is 53.6 Å². The Morgan fingerprint density at radius 3 is 2.25 bits per heavy atom. The van der Waals surface area contributed by atoms with E-state index in [2.05, 4.69) is 17.0 Å². The molecule has 0 atom stereocenters. The number of hydrogen-bond donors (Lipinski definition) is 0. The van der Waals surface area contributed by atoms with Gasteiger partial charge in [0.15, 0.2) is 6.61 Å². The molecule has 7 nitrogen and oxygen atoms in total. The van der Waals surface area contributed by atoms with Crippen LogP contribution in [0.4, 0.5) is 5.69 Å². The Hall–Kier alpha value is -2.29. The molecule has 172 valence electrons. The number of hydrogen-bond acceptors (Lipinski definition) is 5. The van der Waals surface area contributed by atoms with Crippen molar-refractivity contribution < 1.29 is 17.9 Å². The smallest absolute Gasteiger partial charge is 0.260 e. The molecule has 2 heterocycles. The third kappa shape index (κ3) is 5.19. The first-order chi connectivity index (χ1) is 15.4. The van der Waals surface area contributed by atoms with E-state index < -0.39 is 10.0 Å². The SMILES string of the molecule is O=C(COc1ccc(S(=O)(=O)N2CCCCC2)cc1Cl)N1CCN(c2ccccc2)CC1. The minimum absolute atomic E-state index is 0.112. The van der Waals surface area contributed by atoms with Gasteiger partial charge in [0, 0.05) is 45.0 Å². The number of amides is 1. The highest BCUT2D eigenvalue weighted by atomic mass is 35.5. The first-order valence-electron chi connectivity index (χ1n) is 11.0. The fourth-order valence-electron chi connectivity index (χ4n) is 4.10. The maximum absolute atomic E-state index is 12.8. The molecule has 4 rings (SSSR count). The van der Waals surface area contributed by atoms with Crippen LogP contribution in [-0.4, -0.2) is 69.4 Å². The molecule has 2 fully saturated rings. The number of piperidine rings is 1. The molecule has 32 heavy (non-hydrogen) atoms. The monoisotopic (exact) mass is 477 g/mol. The lowest BCUT2D eigenvalue weighted by Gasteiger charge is -2.36. The lowest BCUT2D eigenvalue weighted by Crippen LogP contribution is -2.50. The average molecular weight is 478 g/mol. The summed E-state index contributed by atoms with van der Waals surface area (Å²) in [7, 11) is -3.56. The van der Waals surface area contributed by atoms with E-state index in [1.165, 1.54) is 22.5 Å². The molecule has 0 unspecified atom stereocenters. The number of halogens is 1. The second kappa shape index (κ2) is 10.1. The lowest BCUT2D eigenvalue weighted by molar-refractivity contribution is -0.133. The van der Waals surface area contributed by atoms with Gasteiger partial charge in [-0.15, -0.1) is 0 Å². The number of piperazine rings is 1. The largest absolute Gasteiger partial charge is 0.482 e. The highest BCUT2D eigenvalue weighted by Crippen LogP contribution is 2.30. The van der Waals surface area contributed by atoms with Crippen LogP contribution in [0.15, 0.2) is 53.4 Å². The van der Waals surface area contributed by atoms with Gasteiger partial charge in [-0.3, -0.25) is 4.79 Å². The zero-order valence-electron chi connectivity index (χ0n) is 18.0. The Bertz CT molecular complexity index is 1030. The van der Waals surface area contributed by atoms with Crippen LogP contribution in [0.2, 0.25) is 5.02 Å². The number of rotatable bonds is 6. The van der Waals surface area contributed by atoms with Crippen LogP contribution < -0.4 is 9.64 Å². The van der Waals surface area contributed by atoms with Gasteiger partial charge in [-0.1, -0.05) is 36.2 Å². The average Bonchev–Trinajstić information content (AvgIpc) is 2.84. The molecular formula is C23H28ClN3O4S. The predicted molar refractivity (Wildman–Crippen MR) is 125 cm³/mol. The van der Waals surface area contributed by atoms with E-state index in [1.807, 2.05) is 18.2 Å². The molecular weight excluding hydrogens is 450 g/mol. The van der Waals surface area contributed by atoms with Crippen LogP contribution in [0, 0.1) is 0 Å². The van der Waals surface area contributed by atoms with Crippen LogP contribution in [0.25, 0.3) is 0 Å². The van der Waals surface area contributed by atoms with Crippen molar-refractivity contribution in [1.29, 1.82) is 0 Å². The molecule has 2 saturated heterocycles. The van der Waals surface area contributed by atoms with Gasteiger partial charge < -0.3 is 14.5 Å². The summed E-state index contributed by atoms with van der Waals surface area (Å²) in [5.74, 6) is 0.194. The van der Waals surface area contributed by atoms with Gasteiger partial charge in [0.1, 0.15) is 5.75 Å². The van der Waals surface area contributed by atoms with Crippen molar-refractivity contribution >= 4 is 33.2 Å². The molecule has 2 aromatic carbocycles. The molecule has 0 bridgehead atoms. The van der Waals surface area contributed by atoms with E-state index in [0.29, 0.717) is 31.9 Å². The van der Waals surface area contributed by atoms with E-state index in [4.69, 9.17) is 16.3 Å². The summed E-state index contributed by atoms with van der Waals surface area (Å²) in [6, 6.07) is 14.6. The topological polar surface area (TPSA) is 70.2 Å². The van der Waals surface area contributed by atoms with Gasteiger partial charge >= 0.3 is 0 Å². The predicted octanol–water partition coefficient (Wildman–Crippen LogP) is 3.24. The Labute approximate surface area is 194 Å². The van der Waals surface area contributed by atoms with E-state index in [1.54, 1.807) is 4.90 Å². The van der Waals surface area contributed by atoms with Crippen molar-refractivity contribution in [3.8, 4) is 5.75 Å². The highest BCUT2D eigenvalue weighted by Gasteiger charge is 2.27. The molecule has 0 spiro atoms. The van der Waals surface area contributed by atoms with Crippen molar-refractivity contribution in [1.82, 2.24) is 9.21 Å². The summed E-state index contributed by atoms with van der Waals surface area (Å²) in [5.41, 5.74) is 1.15. The third-order valence-electron chi connectivity index (χ3n) is 5.96. The number of benzene rings is 2.